The quantitative estimate of drug-likeness (QED) is 0.893. The highest BCUT2D eigenvalue weighted by Gasteiger charge is 2.13. The number of nitrogens with zero attached hydrogens (tertiary/aromatic N) is 2. The summed E-state index contributed by atoms with van der Waals surface area (Å²) >= 11 is 3.59. The molecule has 2 rings (SSSR count). The fourth-order valence-electron chi connectivity index (χ4n) is 2.03. The molecule has 2 aromatic rings. The van der Waals surface area contributed by atoms with Gasteiger partial charge in [0.15, 0.2) is 0 Å². The molecule has 0 saturated heterocycles. The minimum atomic E-state index is 0.906. The Hall–Kier alpha value is -1.42. The van der Waals surface area contributed by atoms with Crippen molar-refractivity contribution in [2.75, 3.05) is 11.9 Å². The first-order valence-corrected chi connectivity index (χ1v) is 7.39. The van der Waals surface area contributed by atoms with Gasteiger partial charge >= 0.3 is 0 Å². The van der Waals surface area contributed by atoms with E-state index in [0.29, 0.717) is 0 Å². The highest BCUT2D eigenvalue weighted by atomic mass is 79.9. The number of hydrogen-bond acceptors (Lipinski definition) is 3. The molecule has 0 saturated carbocycles. The van der Waals surface area contributed by atoms with Gasteiger partial charge in [0.25, 0.3) is 0 Å². The third-order valence-corrected chi connectivity index (χ3v) is 3.66. The molecule has 0 aliphatic rings. The molecule has 0 atom stereocenters. The summed E-state index contributed by atoms with van der Waals surface area (Å²) in [5, 5.41) is 3.38. The fourth-order valence-corrected chi connectivity index (χ4v) is 2.50. The Morgan fingerprint density at radius 3 is 2.63 bits per heavy atom. The third-order valence-electron chi connectivity index (χ3n) is 2.97. The predicted molar refractivity (Wildman–Crippen MR) is 83.3 cm³/mol. The van der Waals surface area contributed by atoms with Crippen LogP contribution in [0.5, 0.6) is 0 Å². The van der Waals surface area contributed by atoms with Gasteiger partial charge in [0.2, 0.25) is 0 Å². The summed E-state index contributed by atoms with van der Waals surface area (Å²) in [5.74, 6) is 0.949. The number of halogens is 1. The molecule has 3 nitrogen and oxygen atoms in total. The van der Waals surface area contributed by atoms with Gasteiger partial charge in [-0.05, 0) is 18.9 Å². The van der Waals surface area contributed by atoms with Crippen molar-refractivity contribution in [1.82, 2.24) is 9.97 Å². The molecule has 0 aliphatic carbocycles. The topological polar surface area (TPSA) is 37.8 Å². The Morgan fingerprint density at radius 1 is 1.16 bits per heavy atom. The number of aromatic nitrogens is 2. The van der Waals surface area contributed by atoms with Crippen LogP contribution in [-0.4, -0.2) is 16.5 Å². The second-order valence-corrected chi connectivity index (χ2v) is 5.16. The molecule has 1 aromatic heterocycles. The molecule has 0 unspecified atom stereocenters. The van der Waals surface area contributed by atoms with E-state index in [4.69, 9.17) is 0 Å². The number of anilines is 1. The van der Waals surface area contributed by atoms with Crippen molar-refractivity contribution in [3.8, 4) is 11.3 Å². The normalized spacial score (nSPS) is 10.5. The maximum atomic E-state index is 4.47. The minimum absolute atomic E-state index is 0.906. The number of nitrogens with one attached hydrogen (secondary N) is 1. The van der Waals surface area contributed by atoms with Gasteiger partial charge in [-0.1, -0.05) is 48.0 Å². The van der Waals surface area contributed by atoms with Crippen molar-refractivity contribution in [3.63, 3.8) is 0 Å². The molecule has 1 aromatic carbocycles. The van der Waals surface area contributed by atoms with Crippen LogP contribution in [0.2, 0.25) is 0 Å². The molecular formula is C15H18BrN3. The van der Waals surface area contributed by atoms with Crippen LogP contribution in [0, 0.1) is 0 Å². The standard InChI is InChI=1S/C15H18BrN3/c1-3-9-17-15-11(4-2)14(18-10-19-15)12-7-5-6-8-13(12)16/h5-8,10H,3-4,9H2,1-2H3,(H,17,18,19). The molecule has 1 N–H and O–H groups in total. The van der Waals surface area contributed by atoms with E-state index < -0.39 is 0 Å². The summed E-state index contributed by atoms with van der Waals surface area (Å²) < 4.78 is 1.06. The summed E-state index contributed by atoms with van der Waals surface area (Å²) in [6.45, 7) is 5.21. The number of benzene rings is 1. The zero-order valence-electron chi connectivity index (χ0n) is 11.3. The molecule has 0 fully saturated rings. The average molecular weight is 320 g/mol. The highest BCUT2D eigenvalue weighted by molar-refractivity contribution is 9.10. The first-order chi connectivity index (χ1) is 9.27. The maximum absolute atomic E-state index is 4.47. The van der Waals surface area contributed by atoms with Crippen LogP contribution < -0.4 is 5.32 Å². The summed E-state index contributed by atoms with van der Waals surface area (Å²) in [4.78, 5) is 8.83. The van der Waals surface area contributed by atoms with Gasteiger partial charge in [-0.2, -0.15) is 0 Å². The lowest BCUT2D eigenvalue weighted by atomic mass is 10.0. The molecule has 100 valence electrons. The minimum Gasteiger partial charge on any atom is -0.370 e. The van der Waals surface area contributed by atoms with Gasteiger partial charge < -0.3 is 5.32 Å². The summed E-state index contributed by atoms with van der Waals surface area (Å²) in [6.07, 6.45) is 3.62. The third kappa shape index (κ3) is 3.13. The van der Waals surface area contributed by atoms with Gasteiger partial charge in [-0.3, -0.25) is 0 Å². The van der Waals surface area contributed by atoms with Crippen molar-refractivity contribution < 1.29 is 0 Å². The largest absolute Gasteiger partial charge is 0.370 e. The second-order valence-electron chi connectivity index (χ2n) is 4.31. The number of rotatable bonds is 5. The van der Waals surface area contributed by atoms with Crippen LogP contribution in [0.1, 0.15) is 25.8 Å². The highest BCUT2D eigenvalue weighted by Crippen LogP contribution is 2.31. The van der Waals surface area contributed by atoms with Crippen LogP contribution >= 0.6 is 15.9 Å². The molecule has 0 radical (unpaired) electrons. The van der Waals surface area contributed by atoms with E-state index in [9.17, 15) is 0 Å². The molecule has 4 heteroatoms. The van der Waals surface area contributed by atoms with E-state index in [1.807, 2.05) is 18.2 Å². The van der Waals surface area contributed by atoms with Gasteiger partial charge in [0.1, 0.15) is 12.1 Å². The van der Waals surface area contributed by atoms with Crippen molar-refractivity contribution in [3.05, 3.63) is 40.6 Å². The molecule has 0 amide bonds. The monoisotopic (exact) mass is 319 g/mol. The lowest BCUT2D eigenvalue weighted by Crippen LogP contribution is -2.07. The Balaban J connectivity index is 2.49. The Kier molecular flexibility index (Phi) is 4.91. The Labute approximate surface area is 122 Å². The SMILES string of the molecule is CCCNc1ncnc(-c2ccccc2Br)c1CC. The summed E-state index contributed by atoms with van der Waals surface area (Å²) in [6, 6.07) is 8.16. The summed E-state index contributed by atoms with van der Waals surface area (Å²) in [7, 11) is 0. The first-order valence-electron chi connectivity index (χ1n) is 6.60. The van der Waals surface area contributed by atoms with Gasteiger partial charge in [0.05, 0.1) is 5.69 Å². The van der Waals surface area contributed by atoms with E-state index in [1.165, 1.54) is 5.56 Å². The van der Waals surface area contributed by atoms with E-state index in [1.54, 1.807) is 6.33 Å². The van der Waals surface area contributed by atoms with Crippen LogP contribution in [0.25, 0.3) is 11.3 Å². The van der Waals surface area contributed by atoms with Crippen molar-refractivity contribution in [2.45, 2.75) is 26.7 Å². The van der Waals surface area contributed by atoms with E-state index in [0.717, 1.165) is 40.9 Å². The molecule has 0 spiro atoms. The van der Waals surface area contributed by atoms with E-state index >= 15 is 0 Å². The van der Waals surface area contributed by atoms with Crippen LogP contribution in [-0.2, 0) is 6.42 Å². The zero-order valence-corrected chi connectivity index (χ0v) is 12.9. The lowest BCUT2D eigenvalue weighted by Gasteiger charge is -2.13. The predicted octanol–water partition coefficient (Wildman–Crippen LogP) is 4.29. The van der Waals surface area contributed by atoms with Crippen LogP contribution in [0.15, 0.2) is 35.1 Å². The van der Waals surface area contributed by atoms with E-state index in [-0.39, 0.29) is 0 Å². The second kappa shape index (κ2) is 6.66. The Bertz CT molecular complexity index is 555. The van der Waals surface area contributed by atoms with Crippen LogP contribution in [0.3, 0.4) is 0 Å². The van der Waals surface area contributed by atoms with Crippen molar-refractivity contribution in [2.24, 2.45) is 0 Å². The first kappa shape index (κ1) is 14.0. The molecule has 19 heavy (non-hydrogen) atoms. The zero-order chi connectivity index (χ0) is 13.7. The maximum Gasteiger partial charge on any atom is 0.133 e. The average Bonchev–Trinajstić information content (AvgIpc) is 2.45. The van der Waals surface area contributed by atoms with E-state index in [2.05, 4.69) is 51.1 Å². The summed E-state index contributed by atoms with van der Waals surface area (Å²) in [5.41, 5.74) is 3.28. The molecule has 0 bridgehead atoms. The van der Waals surface area contributed by atoms with Crippen LogP contribution in [0.4, 0.5) is 5.82 Å². The van der Waals surface area contributed by atoms with Gasteiger partial charge in [-0.15, -0.1) is 0 Å². The lowest BCUT2D eigenvalue weighted by molar-refractivity contribution is 0.949. The van der Waals surface area contributed by atoms with Crippen molar-refractivity contribution >= 4 is 21.7 Å². The number of hydrogen-bond donors (Lipinski definition) is 1. The molecule has 0 aliphatic heterocycles. The van der Waals surface area contributed by atoms with Gasteiger partial charge in [-0.25, -0.2) is 9.97 Å². The fraction of sp³-hybridized carbons (Fsp3) is 0.333. The molecular weight excluding hydrogens is 302 g/mol. The van der Waals surface area contributed by atoms with Gasteiger partial charge in [0, 0.05) is 22.1 Å². The molecule has 1 heterocycles. The smallest absolute Gasteiger partial charge is 0.133 e. The Morgan fingerprint density at radius 2 is 1.95 bits per heavy atom. The van der Waals surface area contributed by atoms with Crippen molar-refractivity contribution in [1.29, 1.82) is 0 Å².